The highest BCUT2D eigenvalue weighted by atomic mass is 19.4. The lowest BCUT2D eigenvalue weighted by molar-refractivity contribution is -0.287. The Morgan fingerprint density at radius 1 is 0.870 bits per heavy atom. The third-order valence-electron chi connectivity index (χ3n) is 2.91. The second-order valence-corrected chi connectivity index (χ2v) is 5.89. The summed E-state index contributed by atoms with van der Waals surface area (Å²) in [5.74, 6) is -2.10. The first-order valence-corrected chi connectivity index (χ1v) is 6.55. The molecule has 0 radical (unpaired) electrons. The van der Waals surface area contributed by atoms with E-state index in [4.69, 9.17) is 0 Å². The molecule has 0 aromatic heterocycles. The van der Waals surface area contributed by atoms with E-state index in [1.165, 1.54) is 6.07 Å². The molecule has 0 spiro atoms. The van der Waals surface area contributed by atoms with Crippen molar-refractivity contribution in [2.75, 3.05) is 7.05 Å². The van der Waals surface area contributed by atoms with Crippen LogP contribution in [0.2, 0.25) is 0 Å². The highest BCUT2D eigenvalue weighted by Gasteiger charge is 2.37. The van der Waals surface area contributed by atoms with E-state index < -0.39 is 35.7 Å². The molecule has 1 unspecified atom stereocenters. The third kappa shape index (κ3) is 6.17. The molecule has 1 aromatic carbocycles. The van der Waals surface area contributed by atoms with Gasteiger partial charge >= 0.3 is 12.7 Å². The minimum atomic E-state index is -5.14. The Morgan fingerprint density at radius 3 is 1.74 bits per heavy atom. The summed E-state index contributed by atoms with van der Waals surface area (Å²) in [7, 11) is 1.60. The average Bonchev–Trinajstić information content (AvgIpc) is 2.27. The Balaban J connectivity index is 3.31. The largest absolute Gasteiger partial charge is 0.573 e. The standard InChI is InChI=1S/C14H17F6NO2/c1-12(2,3)11(21-4)8-5-6-9(22-13(15,16)17)10(7-8)23-14(18,19)20/h5-7,11,21H,1-4H3. The van der Waals surface area contributed by atoms with Gasteiger partial charge in [-0.25, -0.2) is 0 Å². The van der Waals surface area contributed by atoms with E-state index >= 15 is 0 Å². The molecule has 1 N–H and O–H groups in total. The van der Waals surface area contributed by atoms with Gasteiger partial charge in [-0.1, -0.05) is 26.8 Å². The minimum absolute atomic E-state index is 0.341. The van der Waals surface area contributed by atoms with Crippen LogP contribution < -0.4 is 14.8 Å². The Kier molecular flexibility index (Phi) is 5.45. The van der Waals surface area contributed by atoms with E-state index in [1.807, 2.05) is 20.8 Å². The Bertz CT molecular complexity index is 534. The molecule has 1 aromatic rings. The number of nitrogens with one attached hydrogen (secondary N) is 1. The molecule has 132 valence electrons. The maximum absolute atomic E-state index is 12.4. The monoisotopic (exact) mass is 345 g/mol. The molecule has 0 aliphatic carbocycles. The summed E-state index contributed by atoms with van der Waals surface area (Å²) in [6, 6.07) is 2.55. The number of benzene rings is 1. The average molecular weight is 345 g/mol. The molecular formula is C14H17F6NO2. The molecule has 0 heterocycles. The molecule has 0 saturated heterocycles. The zero-order chi connectivity index (χ0) is 18.1. The quantitative estimate of drug-likeness (QED) is 0.796. The van der Waals surface area contributed by atoms with Crippen molar-refractivity contribution in [2.45, 2.75) is 39.5 Å². The van der Waals surface area contributed by atoms with Crippen molar-refractivity contribution in [3.05, 3.63) is 23.8 Å². The Hall–Kier alpha value is -1.64. The maximum atomic E-state index is 12.4. The van der Waals surface area contributed by atoms with Crippen molar-refractivity contribution in [1.29, 1.82) is 0 Å². The molecule has 0 amide bonds. The molecule has 1 atom stereocenters. The lowest BCUT2D eigenvalue weighted by Crippen LogP contribution is -2.30. The van der Waals surface area contributed by atoms with Crippen molar-refractivity contribution >= 4 is 0 Å². The Labute approximate surface area is 129 Å². The highest BCUT2D eigenvalue weighted by molar-refractivity contribution is 5.44. The molecule has 23 heavy (non-hydrogen) atoms. The fourth-order valence-corrected chi connectivity index (χ4v) is 2.22. The fraction of sp³-hybridized carbons (Fsp3) is 0.571. The fourth-order valence-electron chi connectivity index (χ4n) is 2.22. The first-order valence-electron chi connectivity index (χ1n) is 6.55. The first-order chi connectivity index (χ1) is 10.2. The van der Waals surface area contributed by atoms with E-state index in [0.29, 0.717) is 5.56 Å². The molecule has 9 heteroatoms. The van der Waals surface area contributed by atoms with E-state index in [0.717, 1.165) is 12.1 Å². The first kappa shape index (κ1) is 19.4. The minimum Gasteiger partial charge on any atom is -0.402 e. The number of hydrogen-bond acceptors (Lipinski definition) is 3. The molecule has 0 bridgehead atoms. The van der Waals surface area contributed by atoms with E-state index in [2.05, 4.69) is 14.8 Å². The van der Waals surface area contributed by atoms with Gasteiger partial charge in [0.15, 0.2) is 11.5 Å². The van der Waals surface area contributed by atoms with Crippen LogP contribution in [0.4, 0.5) is 26.3 Å². The summed E-state index contributed by atoms with van der Waals surface area (Å²) in [5.41, 5.74) is -0.0508. The van der Waals surface area contributed by atoms with Crippen molar-refractivity contribution in [2.24, 2.45) is 5.41 Å². The lowest BCUT2D eigenvalue weighted by atomic mass is 9.82. The van der Waals surface area contributed by atoms with Gasteiger partial charge in [0.25, 0.3) is 0 Å². The van der Waals surface area contributed by atoms with E-state index in [9.17, 15) is 26.3 Å². The number of rotatable bonds is 4. The van der Waals surface area contributed by atoms with Gasteiger partial charge in [0, 0.05) is 6.04 Å². The number of halogens is 6. The number of ether oxygens (including phenoxy) is 2. The molecule has 0 fully saturated rings. The van der Waals surface area contributed by atoms with Crippen LogP contribution >= 0.6 is 0 Å². The van der Waals surface area contributed by atoms with Gasteiger partial charge < -0.3 is 14.8 Å². The molecule has 1 rings (SSSR count). The summed E-state index contributed by atoms with van der Waals surface area (Å²) < 4.78 is 81.4. The predicted molar refractivity (Wildman–Crippen MR) is 71.1 cm³/mol. The maximum Gasteiger partial charge on any atom is 0.573 e. The van der Waals surface area contributed by atoms with Gasteiger partial charge in [-0.2, -0.15) is 0 Å². The summed E-state index contributed by atoms with van der Waals surface area (Å²) >= 11 is 0. The van der Waals surface area contributed by atoms with Crippen molar-refractivity contribution in [1.82, 2.24) is 5.32 Å². The topological polar surface area (TPSA) is 30.5 Å². The molecular weight excluding hydrogens is 328 g/mol. The molecule has 0 aliphatic heterocycles. The molecule has 0 saturated carbocycles. The van der Waals surface area contributed by atoms with Crippen molar-refractivity contribution < 1.29 is 35.8 Å². The summed E-state index contributed by atoms with van der Waals surface area (Å²) in [4.78, 5) is 0. The van der Waals surface area contributed by atoms with E-state index in [-0.39, 0.29) is 0 Å². The van der Waals surface area contributed by atoms with Gasteiger partial charge in [-0.05, 0) is 30.2 Å². The predicted octanol–water partition coefficient (Wildman–Crippen LogP) is 4.79. The molecule has 0 aliphatic rings. The van der Waals surface area contributed by atoms with Crippen LogP contribution in [0.5, 0.6) is 11.5 Å². The van der Waals surface area contributed by atoms with Crippen molar-refractivity contribution in [3.63, 3.8) is 0 Å². The van der Waals surface area contributed by atoms with Crippen molar-refractivity contribution in [3.8, 4) is 11.5 Å². The summed E-state index contributed by atoms with van der Waals surface area (Å²) in [6.45, 7) is 5.50. The van der Waals surface area contributed by atoms with Gasteiger partial charge in [0.05, 0.1) is 0 Å². The van der Waals surface area contributed by atoms with Crippen LogP contribution in [0.3, 0.4) is 0 Å². The van der Waals surface area contributed by atoms with Crippen LogP contribution in [0, 0.1) is 5.41 Å². The van der Waals surface area contributed by atoms with Crippen LogP contribution in [-0.2, 0) is 0 Å². The van der Waals surface area contributed by atoms with Gasteiger partial charge in [-0.3, -0.25) is 0 Å². The summed E-state index contributed by atoms with van der Waals surface area (Å²) in [6.07, 6.45) is -10.3. The van der Waals surface area contributed by atoms with Crippen LogP contribution in [0.25, 0.3) is 0 Å². The van der Waals surface area contributed by atoms with Gasteiger partial charge in [-0.15, -0.1) is 26.3 Å². The van der Waals surface area contributed by atoms with Gasteiger partial charge in [0.2, 0.25) is 0 Å². The highest BCUT2D eigenvalue weighted by Crippen LogP contribution is 2.40. The lowest BCUT2D eigenvalue weighted by Gasteiger charge is -2.31. The second-order valence-electron chi connectivity index (χ2n) is 5.89. The Morgan fingerprint density at radius 2 is 1.35 bits per heavy atom. The zero-order valence-electron chi connectivity index (χ0n) is 12.9. The van der Waals surface area contributed by atoms with Crippen LogP contribution in [-0.4, -0.2) is 19.8 Å². The zero-order valence-corrected chi connectivity index (χ0v) is 12.9. The van der Waals surface area contributed by atoms with Crippen LogP contribution in [0.15, 0.2) is 18.2 Å². The molecule has 3 nitrogen and oxygen atoms in total. The summed E-state index contributed by atoms with van der Waals surface area (Å²) in [5, 5.41) is 2.92. The number of alkyl halides is 6. The third-order valence-corrected chi connectivity index (χ3v) is 2.91. The van der Waals surface area contributed by atoms with Gasteiger partial charge in [0.1, 0.15) is 0 Å². The normalized spacial score (nSPS) is 14.5. The SMILES string of the molecule is CNC(c1ccc(OC(F)(F)F)c(OC(F)(F)F)c1)C(C)(C)C. The second kappa shape index (κ2) is 6.46. The smallest absolute Gasteiger partial charge is 0.402 e. The van der Waals surface area contributed by atoms with E-state index in [1.54, 1.807) is 7.05 Å². The number of hydrogen-bond donors (Lipinski definition) is 1. The van der Waals surface area contributed by atoms with Crippen LogP contribution in [0.1, 0.15) is 32.4 Å².